The molecule has 0 spiro atoms. The molecule has 0 saturated carbocycles. The normalized spacial score (nSPS) is 18.8. The van der Waals surface area contributed by atoms with Gasteiger partial charge in [0.1, 0.15) is 0 Å². The quantitative estimate of drug-likeness (QED) is 0.551. The molecule has 1 aromatic rings. The number of nitrogens with two attached hydrogens (primary N) is 2. The fourth-order valence-electron chi connectivity index (χ4n) is 2.49. The van der Waals surface area contributed by atoms with Gasteiger partial charge in [-0.1, -0.05) is 26.0 Å². The Morgan fingerprint density at radius 1 is 1.28 bits per heavy atom. The first-order chi connectivity index (χ1) is 8.39. The van der Waals surface area contributed by atoms with Crippen LogP contribution in [0.2, 0.25) is 0 Å². The number of hydrogen-bond acceptors (Lipinski definition) is 3. The zero-order chi connectivity index (χ0) is 13.3. The van der Waals surface area contributed by atoms with E-state index < -0.39 is 0 Å². The fourth-order valence-corrected chi connectivity index (χ4v) is 2.49. The van der Waals surface area contributed by atoms with Crippen LogP contribution in [-0.2, 0) is 0 Å². The number of rotatable bonds is 2. The first-order valence-corrected chi connectivity index (χ1v) is 6.31. The summed E-state index contributed by atoms with van der Waals surface area (Å²) in [6.45, 7) is 4.45. The van der Waals surface area contributed by atoms with Crippen LogP contribution in [0.15, 0.2) is 35.5 Å². The van der Waals surface area contributed by atoms with Gasteiger partial charge in [-0.2, -0.15) is 0 Å². The second kappa shape index (κ2) is 4.48. The standard InChI is InChI=1S/C15H21N3/c1-15(2)7-6-12(13(17)9-15)14(18)10-4-3-5-11(16)8-10/h3-5,8,18H,6-7,9,16-17H2,1-2H3. The summed E-state index contributed by atoms with van der Waals surface area (Å²) in [6, 6.07) is 7.46. The minimum Gasteiger partial charge on any atom is -0.402 e. The molecule has 18 heavy (non-hydrogen) atoms. The van der Waals surface area contributed by atoms with Crippen molar-refractivity contribution in [3.8, 4) is 0 Å². The third-order valence-corrected chi connectivity index (χ3v) is 3.59. The summed E-state index contributed by atoms with van der Waals surface area (Å²) in [5, 5.41) is 8.29. The van der Waals surface area contributed by atoms with Gasteiger partial charge in [-0.3, -0.25) is 5.41 Å². The Morgan fingerprint density at radius 3 is 2.61 bits per heavy atom. The van der Waals surface area contributed by atoms with Crippen LogP contribution in [0.25, 0.3) is 0 Å². The van der Waals surface area contributed by atoms with E-state index in [1.807, 2.05) is 24.3 Å². The van der Waals surface area contributed by atoms with Gasteiger partial charge in [0.2, 0.25) is 0 Å². The molecule has 1 aliphatic carbocycles. The number of allylic oxidation sites excluding steroid dienone is 2. The Hall–Kier alpha value is -1.77. The molecule has 0 bridgehead atoms. The lowest BCUT2D eigenvalue weighted by Gasteiger charge is -2.31. The molecule has 5 N–H and O–H groups in total. The van der Waals surface area contributed by atoms with E-state index in [1.54, 1.807) is 0 Å². The van der Waals surface area contributed by atoms with Gasteiger partial charge in [0.15, 0.2) is 0 Å². The van der Waals surface area contributed by atoms with Gasteiger partial charge in [-0.25, -0.2) is 0 Å². The van der Waals surface area contributed by atoms with Crippen LogP contribution in [0.3, 0.4) is 0 Å². The van der Waals surface area contributed by atoms with Gasteiger partial charge in [0.25, 0.3) is 0 Å². The number of hydrogen-bond donors (Lipinski definition) is 3. The average molecular weight is 243 g/mol. The zero-order valence-electron chi connectivity index (χ0n) is 11.1. The molecule has 3 heteroatoms. The zero-order valence-corrected chi connectivity index (χ0v) is 11.1. The second-order valence-corrected chi connectivity index (χ2v) is 5.85. The summed E-state index contributed by atoms with van der Waals surface area (Å²) >= 11 is 0. The third kappa shape index (κ3) is 2.55. The van der Waals surface area contributed by atoms with Crippen LogP contribution in [-0.4, -0.2) is 5.71 Å². The van der Waals surface area contributed by atoms with Crippen molar-refractivity contribution in [3.05, 3.63) is 41.1 Å². The molecule has 3 nitrogen and oxygen atoms in total. The first kappa shape index (κ1) is 12.7. The van der Waals surface area contributed by atoms with E-state index in [1.165, 1.54) is 0 Å². The van der Waals surface area contributed by atoms with Crippen molar-refractivity contribution < 1.29 is 0 Å². The molecule has 0 heterocycles. The molecular weight excluding hydrogens is 222 g/mol. The predicted molar refractivity (Wildman–Crippen MR) is 76.5 cm³/mol. The molecule has 0 radical (unpaired) electrons. The topological polar surface area (TPSA) is 75.9 Å². The summed E-state index contributed by atoms with van der Waals surface area (Å²) in [5.74, 6) is 0. The van der Waals surface area contributed by atoms with Crippen molar-refractivity contribution in [2.24, 2.45) is 11.1 Å². The van der Waals surface area contributed by atoms with E-state index in [9.17, 15) is 0 Å². The fraction of sp³-hybridized carbons (Fsp3) is 0.400. The van der Waals surface area contributed by atoms with Gasteiger partial charge in [0.05, 0.1) is 5.71 Å². The van der Waals surface area contributed by atoms with Crippen LogP contribution in [0, 0.1) is 10.8 Å². The molecule has 1 aromatic carbocycles. The SMILES string of the molecule is CC1(C)CCC(C(=N)c2cccc(N)c2)=C(N)C1. The molecule has 0 aromatic heterocycles. The third-order valence-electron chi connectivity index (χ3n) is 3.59. The van der Waals surface area contributed by atoms with Crippen LogP contribution >= 0.6 is 0 Å². The van der Waals surface area contributed by atoms with Crippen LogP contribution in [0.5, 0.6) is 0 Å². The maximum atomic E-state index is 8.29. The molecule has 0 aliphatic heterocycles. The van der Waals surface area contributed by atoms with E-state index in [0.29, 0.717) is 11.4 Å². The smallest absolute Gasteiger partial charge is 0.0662 e. The molecule has 96 valence electrons. The largest absolute Gasteiger partial charge is 0.402 e. The molecule has 1 aliphatic rings. The van der Waals surface area contributed by atoms with Crippen LogP contribution in [0.4, 0.5) is 5.69 Å². The minimum atomic E-state index is 0.254. The van der Waals surface area contributed by atoms with Crippen molar-refractivity contribution in [3.63, 3.8) is 0 Å². The van der Waals surface area contributed by atoms with E-state index in [4.69, 9.17) is 16.9 Å². The molecule has 2 rings (SSSR count). The summed E-state index contributed by atoms with van der Waals surface area (Å²) in [5.41, 5.74) is 16.1. The summed E-state index contributed by atoms with van der Waals surface area (Å²) in [4.78, 5) is 0. The van der Waals surface area contributed by atoms with E-state index >= 15 is 0 Å². The van der Waals surface area contributed by atoms with E-state index in [2.05, 4.69) is 13.8 Å². The molecule has 0 saturated heterocycles. The number of anilines is 1. The Bertz CT molecular complexity index is 512. The maximum Gasteiger partial charge on any atom is 0.0662 e. The number of nitrogen functional groups attached to an aromatic ring is 1. The summed E-state index contributed by atoms with van der Waals surface area (Å²) < 4.78 is 0. The Morgan fingerprint density at radius 2 is 2.00 bits per heavy atom. The van der Waals surface area contributed by atoms with E-state index in [-0.39, 0.29) is 5.41 Å². The van der Waals surface area contributed by atoms with Gasteiger partial charge in [0, 0.05) is 16.9 Å². The molecule has 0 fully saturated rings. The monoisotopic (exact) mass is 243 g/mol. The lowest BCUT2D eigenvalue weighted by Crippen LogP contribution is -2.25. The van der Waals surface area contributed by atoms with E-state index in [0.717, 1.165) is 36.1 Å². The van der Waals surface area contributed by atoms with Crippen molar-refractivity contribution in [2.75, 3.05) is 5.73 Å². The Labute approximate surface area is 108 Å². The highest BCUT2D eigenvalue weighted by Crippen LogP contribution is 2.37. The van der Waals surface area contributed by atoms with Crippen LogP contribution < -0.4 is 11.5 Å². The lowest BCUT2D eigenvalue weighted by atomic mass is 9.75. The summed E-state index contributed by atoms with van der Waals surface area (Å²) in [6.07, 6.45) is 2.83. The Kier molecular flexibility index (Phi) is 3.16. The number of benzene rings is 1. The van der Waals surface area contributed by atoms with Gasteiger partial charge >= 0.3 is 0 Å². The van der Waals surface area contributed by atoms with Crippen LogP contribution in [0.1, 0.15) is 38.7 Å². The molecule has 0 unspecified atom stereocenters. The van der Waals surface area contributed by atoms with Gasteiger partial charge in [-0.05, 0) is 42.4 Å². The minimum absolute atomic E-state index is 0.254. The highest BCUT2D eigenvalue weighted by molar-refractivity contribution is 6.11. The Balaban J connectivity index is 2.30. The van der Waals surface area contributed by atoms with Crippen molar-refractivity contribution in [1.82, 2.24) is 0 Å². The highest BCUT2D eigenvalue weighted by Gasteiger charge is 2.27. The summed E-state index contributed by atoms with van der Waals surface area (Å²) in [7, 11) is 0. The van der Waals surface area contributed by atoms with Gasteiger partial charge in [-0.15, -0.1) is 0 Å². The molecule has 0 atom stereocenters. The highest BCUT2D eigenvalue weighted by atomic mass is 14.6. The van der Waals surface area contributed by atoms with Crippen molar-refractivity contribution in [2.45, 2.75) is 33.1 Å². The maximum absolute atomic E-state index is 8.29. The second-order valence-electron chi connectivity index (χ2n) is 5.85. The van der Waals surface area contributed by atoms with Crippen molar-refractivity contribution in [1.29, 1.82) is 5.41 Å². The predicted octanol–water partition coefficient (Wildman–Crippen LogP) is 3.06. The molecule has 0 amide bonds. The average Bonchev–Trinajstić information content (AvgIpc) is 2.27. The van der Waals surface area contributed by atoms with Crippen molar-refractivity contribution >= 4 is 11.4 Å². The van der Waals surface area contributed by atoms with Gasteiger partial charge < -0.3 is 11.5 Å². The first-order valence-electron chi connectivity index (χ1n) is 6.31. The lowest BCUT2D eigenvalue weighted by molar-refractivity contribution is 0.315. The number of nitrogens with one attached hydrogen (secondary N) is 1. The molecular formula is C15H21N3.